The molecule has 0 aromatic carbocycles. The second kappa shape index (κ2) is 4.39. The largest absolute Gasteiger partial charge is 0.472 e. The molecule has 0 fully saturated rings. The number of allylic oxidation sites excluding steroid dienone is 2. The molecule has 1 nitrogen and oxygen atoms in total. The molecule has 0 bridgehead atoms. The van der Waals surface area contributed by atoms with Gasteiger partial charge in [-0.2, -0.15) is 0 Å². The lowest BCUT2D eigenvalue weighted by Gasteiger charge is -1.93. The second-order valence-electron chi connectivity index (χ2n) is 2.38. The maximum absolute atomic E-state index is 4.96. The second-order valence-corrected chi connectivity index (χ2v) is 3.17. The number of rotatable bonds is 3. The zero-order chi connectivity index (χ0) is 8.10. The van der Waals surface area contributed by atoms with Crippen LogP contribution in [0.5, 0.6) is 0 Å². The van der Waals surface area contributed by atoms with Crippen LogP contribution in [0.25, 0.3) is 5.57 Å². The summed E-state index contributed by atoms with van der Waals surface area (Å²) in [6.45, 7) is 2.09. The van der Waals surface area contributed by atoms with Gasteiger partial charge in [0.15, 0.2) is 0 Å². The van der Waals surface area contributed by atoms with Crippen LogP contribution < -0.4 is 0 Å². The topological polar surface area (TPSA) is 13.1 Å². The van der Waals surface area contributed by atoms with Gasteiger partial charge in [0, 0.05) is 10.9 Å². The molecule has 0 unspecified atom stereocenters. The van der Waals surface area contributed by atoms with Gasteiger partial charge in [-0.15, -0.1) is 0 Å². The first-order valence-corrected chi connectivity index (χ1v) is 4.72. The van der Waals surface area contributed by atoms with Gasteiger partial charge in [0.25, 0.3) is 0 Å². The summed E-state index contributed by atoms with van der Waals surface area (Å²) < 4.78 is 4.96. The predicted octanol–water partition coefficient (Wildman–Crippen LogP) is 3.47. The van der Waals surface area contributed by atoms with Gasteiger partial charge >= 0.3 is 0 Å². The molecular weight excluding hydrogens is 204 g/mol. The summed E-state index contributed by atoms with van der Waals surface area (Å²) in [5, 5.41) is 1.02. The Balaban J connectivity index is 2.62. The third-order valence-corrected chi connectivity index (χ3v) is 1.99. The van der Waals surface area contributed by atoms with E-state index in [9.17, 15) is 0 Å². The highest BCUT2D eigenvalue weighted by atomic mass is 79.9. The lowest BCUT2D eigenvalue weighted by atomic mass is 10.1. The Morgan fingerprint density at radius 1 is 1.73 bits per heavy atom. The van der Waals surface area contributed by atoms with Crippen LogP contribution in [0.1, 0.15) is 18.9 Å². The Morgan fingerprint density at radius 3 is 3.09 bits per heavy atom. The van der Waals surface area contributed by atoms with Gasteiger partial charge in [0.1, 0.15) is 0 Å². The van der Waals surface area contributed by atoms with Crippen molar-refractivity contribution in [1.82, 2.24) is 0 Å². The van der Waals surface area contributed by atoms with Crippen molar-refractivity contribution < 1.29 is 4.42 Å². The third kappa shape index (κ3) is 2.54. The van der Waals surface area contributed by atoms with Crippen LogP contribution in [0.2, 0.25) is 0 Å². The highest BCUT2D eigenvalue weighted by molar-refractivity contribution is 9.09. The van der Waals surface area contributed by atoms with Gasteiger partial charge in [0.05, 0.1) is 12.5 Å². The maximum atomic E-state index is 4.96. The first-order valence-electron chi connectivity index (χ1n) is 3.60. The van der Waals surface area contributed by atoms with E-state index in [0.29, 0.717) is 0 Å². The molecule has 0 radical (unpaired) electrons. The minimum absolute atomic E-state index is 1.02. The lowest BCUT2D eigenvalue weighted by Crippen LogP contribution is -1.74. The first kappa shape index (κ1) is 8.60. The van der Waals surface area contributed by atoms with Crippen molar-refractivity contribution in [2.24, 2.45) is 0 Å². The van der Waals surface area contributed by atoms with E-state index in [-0.39, 0.29) is 0 Å². The van der Waals surface area contributed by atoms with Gasteiger partial charge in [-0.1, -0.05) is 22.0 Å². The molecule has 1 aromatic rings. The Morgan fingerprint density at radius 2 is 2.55 bits per heavy atom. The molecule has 60 valence electrons. The van der Waals surface area contributed by atoms with Gasteiger partial charge < -0.3 is 4.42 Å². The van der Waals surface area contributed by atoms with Crippen molar-refractivity contribution in [3.05, 3.63) is 30.2 Å². The summed E-state index contributed by atoms with van der Waals surface area (Å²) in [6, 6.07) is 1.97. The first-order chi connectivity index (χ1) is 5.34. The summed E-state index contributed by atoms with van der Waals surface area (Å²) in [5.41, 5.74) is 2.45. The Kier molecular flexibility index (Phi) is 3.43. The molecule has 11 heavy (non-hydrogen) atoms. The predicted molar refractivity (Wildman–Crippen MR) is 50.8 cm³/mol. The van der Waals surface area contributed by atoms with E-state index in [2.05, 4.69) is 28.9 Å². The SMILES string of the molecule is CC(=CCCBr)c1ccoc1. The van der Waals surface area contributed by atoms with E-state index in [1.54, 1.807) is 12.5 Å². The average Bonchev–Trinajstić information content (AvgIpc) is 2.52. The van der Waals surface area contributed by atoms with Crippen LogP contribution in [0.3, 0.4) is 0 Å². The van der Waals surface area contributed by atoms with E-state index < -0.39 is 0 Å². The average molecular weight is 215 g/mol. The zero-order valence-electron chi connectivity index (χ0n) is 6.51. The third-order valence-electron chi connectivity index (χ3n) is 1.54. The molecule has 0 aliphatic carbocycles. The summed E-state index contributed by atoms with van der Waals surface area (Å²) in [6.07, 6.45) is 6.72. The van der Waals surface area contributed by atoms with Crippen LogP contribution in [-0.2, 0) is 0 Å². The van der Waals surface area contributed by atoms with Gasteiger partial charge in [-0.05, 0) is 25.0 Å². The molecule has 0 spiro atoms. The van der Waals surface area contributed by atoms with E-state index in [4.69, 9.17) is 4.42 Å². The number of furan rings is 1. The number of halogens is 1. The van der Waals surface area contributed by atoms with Crippen molar-refractivity contribution in [3.63, 3.8) is 0 Å². The van der Waals surface area contributed by atoms with Crippen molar-refractivity contribution >= 4 is 21.5 Å². The van der Waals surface area contributed by atoms with Crippen molar-refractivity contribution in [3.8, 4) is 0 Å². The number of alkyl halides is 1. The minimum Gasteiger partial charge on any atom is -0.472 e. The molecule has 0 N–H and O–H groups in total. The monoisotopic (exact) mass is 214 g/mol. The summed E-state index contributed by atoms with van der Waals surface area (Å²) >= 11 is 3.37. The van der Waals surface area contributed by atoms with Gasteiger partial charge in [0.2, 0.25) is 0 Å². The van der Waals surface area contributed by atoms with Crippen LogP contribution in [0.4, 0.5) is 0 Å². The van der Waals surface area contributed by atoms with E-state index >= 15 is 0 Å². The van der Waals surface area contributed by atoms with Crippen molar-refractivity contribution in [2.45, 2.75) is 13.3 Å². The Labute approximate surface area is 75.2 Å². The molecule has 1 aromatic heterocycles. The molecule has 1 heterocycles. The summed E-state index contributed by atoms with van der Waals surface area (Å²) in [4.78, 5) is 0. The molecule has 0 saturated heterocycles. The smallest absolute Gasteiger partial charge is 0.0977 e. The Bertz CT molecular complexity index is 224. The fourth-order valence-electron chi connectivity index (χ4n) is 0.878. The number of hydrogen-bond donors (Lipinski definition) is 0. The van der Waals surface area contributed by atoms with Crippen molar-refractivity contribution in [1.29, 1.82) is 0 Å². The molecule has 0 atom stereocenters. The van der Waals surface area contributed by atoms with E-state index in [1.165, 1.54) is 11.1 Å². The van der Waals surface area contributed by atoms with Crippen LogP contribution >= 0.6 is 15.9 Å². The highest BCUT2D eigenvalue weighted by Crippen LogP contribution is 2.14. The van der Waals surface area contributed by atoms with Crippen LogP contribution in [0, 0.1) is 0 Å². The fourth-order valence-corrected chi connectivity index (χ4v) is 1.11. The van der Waals surface area contributed by atoms with Crippen LogP contribution in [-0.4, -0.2) is 5.33 Å². The number of hydrogen-bond acceptors (Lipinski definition) is 1. The highest BCUT2D eigenvalue weighted by Gasteiger charge is 1.94. The molecular formula is C9H11BrO. The van der Waals surface area contributed by atoms with Crippen LogP contribution in [0.15, 0.2) is 29.1 Å². The molecule has 1 rings (SSSR count). The molecule has 0 amide bonds. The minimum atomic E-state index is 1.02. The zero-order valence-corrected chi connectivity index (χ0v) is 8.10. The molecule has 0 saturated carbocycles. The molecule has 0 aliphatic rings. The lowest BCUT2D eigenvalue weighted by molar-refractivity contribution is 0.566. The van der Waals surface area contributed by atoms with Crippen molar-refractivity contribution in [2.75, 3.05) is 5.33 Å². The normalized spacial score (nSPS) is 12.0. The quantitative estimate of drug-likeness (QED) is 0.703. The van der Waals surface area contributed by atoms with Gasteiger partial charge in [-0.3, -0.25) is 0 Å². The Hall–Kier alpha value is -0.500. The summed E-state index contributed by atoms with van der Waals surface area (Å²) in [7, 11) is 0. The molecule has 2 heteroatoms. The standard InChI is InChI=1S/C9H11BrO/c1-8(3-2-5-10)9-4-6-11-7-9/h3-4,6-7H,2,5H2,1H3. The fraction of sp³-hybridized carbons (Fsp3) is 0.333. The van der Waals surface area contributed by atoms with E-state index in [0.717, 1.165) is 11.8 Å². The van der Waals surface area contributed by atoms with E-state index in [1.807, 2.05) is 6.07 Å². The molecule has 0 aliphatic heterocycles. The van der Waals surface area contributed by atoms with Gasteiger partial charge in [-0.25, -0.2) is 0 Å². The summed E-state index contributed by atoms with van der Waals surface area (Å²) in [5.74, 6) is 0. The maximum Gasteiger partial charge on any atom is 0.0977 e.